The lowest BCUT2D eigenvalue weighted by Gasteiger charge is -2.27. The summed E-state index contributed by atoms with van der Waals surface area (Å²) < 4.78 is 4.94. The third kappa shape index (κ3) is 5.50. The third-order valence-corrected chi connectivity index (χ3v) is 3.58. The van der Waals surface area contributed by atoms with Gasteiger partial charge in [-0.25, -0.2) is 0 Å². The number of carbonyl (C=O) groups excluding carboxylic acids is 1. The third-order valence-electron chi connectivity index (χ3n) is 3.58. The predicted octanol–water partition coefficient (Wildman–Crippen LogP) is 1.33. The summed E-state index contributed by atoms with van der Waals surface area (Å²) in [6, 6.07) is 0. The molecule has 0 aliphatic heterocycles. The lowest BCUT2D eigenvalue weighted by atomic mass is 9.80. The number of hydrogen-bond acceptors (Lipinski definition) is 3. The number of nitrogens with one attached hydrogen (secondary N) is 1. The summed E-state index contributed by atoms with van der Waals surface area (Å²) in [6.07, 6.45) is 5.87. The molecule has 4 nitrogen and oxygen atoms in total. The summed E-state index contributed by atoms with van der Waals surface area (Å²) >= 11 is 0. The Kier molecular flexibility index (Phi) is 7.21. The van der Waals surface area contributed by atoms with E-state index in [0.717, 1.165) is 38.5 Å². The maximum Gasteiger partial charge on any atom is 0.223 e. The number of carbonyl (C=O) groups is 1. The van der Waals surface area contributed by atoms with Crippen molar-refractivity contribution in [3.05, 3.63) is 0 Å². The van der Waals surface area contributed by atoms with Crippen molar-refractivity contribution in [3.8, 4) is 0 Å². The van der Waals surface area contributed by atoms with E-state index in [1.807, 2.05) is 0 Å². The first kappa shape index (κ1) is 14.5. The van der Waals surface area contributed by atoms with Crippen molar-refractivity contribution in [2.24, 2.45) is 11.8 Å². The highest BCUT2D eigenvalue weighted by atomic mass is 16.5. The van der Waals surface area contributed by atoms with Gasteiger partial charge in [-0.15, -0.1) is 0 Å². The van der Waals surface area contributed by atoms with E-state index in [1.54, 1.807) is 7.11 Å². The second kappa shape index (κ2) is 8.48. The molecule has 0 radical (unpaired) electrons. The van der Waals surface area contributed by atoms with Gasteiger partial charge >= 0.3 is 0 Å². The molecule has 1 fully saturated rings. The zero-order chi connectivity index (χ0) is 12.5. The topological polar surface area (TPSA) is 58.6 Å². The SMILES string of the molecule is COCCCNC(=O)C1CCC(CCO)CC1. The molecule has 1 amide bonds. The molecule has 1 rings (SSSR count). The Balaban J connectivity index is 2.12. The minimum atomic E-state index is 0.187. The summed E-state index contributed by atoms with van der Waals surface area (Å²) in [7, 11) is 1.67. The van der Waals surface area contributed by atoms with Crippen molar-refractivity contribution in [1.82, 2.24) is 5.32 Å². The first-order valence-electron chi connectivity index (χ1n) is 6.65. The maximum atomic E-state index is 11.8. The Morgan fingerprint density at radius 1 is 1.35 bits per heavy atom. The second-order valence-corrected chi connectivity index (χ2v) is 4.87. The van der Waals surface area contributed by atoms with E-state index in [0.29, 0.717) is 19.1 Å². The quantitative estimate of drug-likeness (QED) is 0.663. The van der Waals surface area contributed by atoms with E-state index in [9.17, 15) is 4.79 Å². The molecule has 1 aliphatic rings. The monoisotopic (exact) mass is 243 g/mol. The largest absolute Gasteiger partial charge is 0.396 e. The lowest BCUT2D eigenvalue weighted by molar-refractivity contribution is -0.126. The number of methoxy groups -OCH3 is 1. The predicted molar refractivity (Wildman–Crippen MR) is 66.7 cm³/mol. The van der Waals surface area contributed by atoms with Crippen LogP contribution in [-0.4, -0.2) is 37.9 Å². The van der Waals surface area contributed by atoms with Gasteiger partial charge in [0.15, 0.2) is 0 Å². The Hall–Kier alpha value is -0.610. The first-order chi connectivity index (χ1) is 8.27. The van der Waals surface area contributed by atoms with Crippen molar-refractivity contribution >= 4 is 5.91 Å². The number of aliphatic hydroxyl groups is 1. The van der Waals surface area contributed by atoms with Gasteiger partial charge in [-0.1, -0.05) is 0 Å². The maximum absolute atomic E-state index is 11.8. The molecule has 0 atom stereocenters. The highest BCUT2D eigenvalue weighted by Gasteiger charge is 2.25. The number of aliphatic hydroxyl groups excluding tert-OH is 1. The minimum absolute atomic E-state index is 0.187. The van der Waals surface area contributed by atoms with Crippen LogP contribution in [-0.2, 0) is 9.53 Å². The fourth-order valence-corrected chi connectivity index (χ4v) is 2.47. The first-order valence-corrected chi connectivity index (χ1v) is 6.65. The van der Waals surface area contributed by atoms with E-state index in [-0.39, 0.29) is 18.4 Å². The van der Waals surface area contributed by atoms with Crippen LogP contribution in [0.4, 0.5) is 0 Å². The van der Waals surface area contributed by atoms with E-state index in [2.05, 4.69) is 5.32 Å². The van der Waals surface area contributed by atoms with E-state index in [4.69, 9.17) is 9.84 Å². The molecular weight excluding hydrogens is 218 g/mol. The Morgan fingerprint density at radius 2 is 2.06 bits per heavy atom. The van der Waals surface area contributed by atoms with Crippen LogP contribution >= 0.6 is 0 Å². The standard InChI is InChI=1S/C13H25NO3/c1-17-10-2-8-14-13(16)12-5-3-11(4-6-12)7-9-15/h11-12,15H,2-10H2,1H3,(H,14,16). The summed E-state index contributed by atoms with van der Waals surface area (Å²) in [4.78, 5) is 11.8. The summed E-state index contributed by atoms with van der Waals surface area (Å²) in [5.74, 6) is 1.01. The van der Waals surface area contributed by atoms with Crippen LogP contribution in [0.1, 0.15) is 38.5 Å². The van der Waals surface area contributed by atoms with Gasteiger partial charge < -0.3 is 15.2 Å². The molecule has 0 spiro atoms. The van der Waals surface area contributed by atoms with E-state index < -0.39 is 0 Å². The van der Waals surface area contributed by atoms with Crippen LogP contribution < -0.4 is 5.32 Å². The van der Waals surface area contributed by atoms with Gasteiger partial charge in [0, 0.05) is 32.8 Å². The number of amides is 1. The normalized spacial score (nSPS) is 24.6. The van der Waals surface area contributed by atoms with Crippen molar-refractivity contribution in [2.45, 2.75) is 38.5 Å². The van der Waals surface area contributed by atoms with Crippen LogP contribution in [0.15, 0.2) is 0 Å². The van der Waals surface area contributed by atoms with Gasteiger partial charge in [-0.05, 0) is 44.4 Å². The van der Waals surface area contributed by atoms with Crippen LogP contribution in [0, 0.1) is 11.8 Å². The molecule has 0 bridgehead atoms. The second-order valence-electron chi connectivity index (χ2n) is 4.87. The zero-order valence-corrected chi connectivity index (χ0v) is 10.8. The molecule has 0 unspecified atom stereocenters. The molecule has 1 aliphatic carbocycles. The summed E-state index contributed by atoms with van der Waals surface area (Å²) in [5, 5.41) is 11.8. The van der Waals surface area contributed by atoms with Crippen LogP contribution in [0.25, 0.3) is 0 Å². The average Bonchev–Trinajstić information content (AvgIpc) is 2.36. The fraction of sp³-hybridized carbons (Fsp3) is 0.923. The lowest BCUT2D eigenvalue weighted by Crippen LogP contribution is -2.34. The average molecular weight is 243 g/mol. The van der Waals surface area contributed by atoms with Crippen LogP contribution in [0.2, 0.25) is 0 Å². The van der Waals surface area contributed by atoms with Gasteiger partial charge in [-0.2, -0.15) is 0 Å². The van der Waals surface area contributed by atoms with E-state index >= 15 is 0 Å². The molecule has 0 heterocycles. The number of ether oxygens (including phenoxy) is 1. The molecule has 0 saturated heterocycles. The van der Waals surface area contributed by atoms with Crippen molar-refractivity contribution in [1.29, 1.82) is 0 Å². The zero-order valence-electron chi connectivity index (χ0n) is 10.8. The summed E-state index contributed by atoms with van der Waals surface area (Å²) in [6.45, 7) is 1.69. The number of rotatable bonds is 7. The molecular formula is C13H25NO3. The van der Waals surface area contributed by atoms with E-state index in [1.165, 1.54) is 0 Å². The summed E-state index contributed by atoms with van der Waals surface area (Å²) in [5.41, 5.74) is 0. The molecule has 4 heteroatoms. The molecule has 0 aromatic carbocycles. The van der Waals surface area contributed by atoms with Crippen molar-refractivity contribution in [3.63, 3.8) is 0 Å². The molecule has 0 aromatic rings. The highest BCUT2D eigenvalue weighted by molar-refractivity contribution is 5.78. The Morgan fingerprint density at radius 3 is 2.65 bits per heavy atom. The molecule has 17 heavy (non-hydrogen) atoms. The number of hydrogen-bond donors (Lipinski definition) is 2. The van der Waals surface area contributed by atoms with Gasteiger partial charge in [0.2, 0.25) is 5.91 Å². The van der Waals surface area contributed by atoms with Gasteiger partial charge in [0.1, 0.15) is 0 Å². The Labute approximate surface area is 104 Å². The van der Waals surface area contributed by atoms with Gasteiger partial charge in [0.25, 0.3) is 0 Å². The van der Waals surface area contributed by atoms with Crippen LogP contribution in [0.3, 0.4) is 0 Å². The minimum Gasteiger partial charge on any atom is -0.396 e. The Bertz CT molecular complexity index is 213. The van der Waals surface area contributed by atoms with Gasteiger partial charge in [0.05, 0.1) is 0 Å². The fourth-order valence-electron chi connectivity index (χ4n) is 2.47. The van der Waals surface area contributed by atoms with Crippen LogP contribution in [0.5, 0.6) is 0 Å². The van der Waals surface area contributed by atoms with Gasteiger partial charge in [-0.3, -0.25) is 4.79 Å². The smallest absolute Gasteiger partial charge is 0.223 e. The molecule has 2 N–H and O–H groups in total. The van der Waals surface area contributed by atoms with Crippen molar-refractivity contribution < 1.29 is 14.6 Å². The molecule has 0 aromatic heterocycles. The van der Waals surface area contributed by atoms with Crippen molar-refractivity contribution in [2.75, 3.05) is 26.9 Å². The molecule has 100 valence electrons. The molecule has 1 saturated carbocycles. The highest BCUT2D eigenvalue weighted by Crippen LogP contribution is 2.30.